The van der Waals surface area contributed by atoms with Gasteiger partial charge in [-0.3, -0.25) is 0 Å². The molecule has 0 amide bonds. The molecule has 0 aromatic rings. The monoisotopic (exact) mass is 282 g/mol. The summed E-state index contributed by atoms with van der Waals surface area (Å²) in [6.07, 6.45) is 4.61. The molecule has 4 nitrogen and oxygen atoms in total. The minimum Gasteiger partial charge on any atom is -0.312 e. The summed E-state index contributed by atoms with van der Waals surface area (Å²) in [7, 11) is -2.99. The van der Waals surface area contributed by atoms with Gasteiger partial charge in [0.05, 0.1) is 5.75 Å². The predicted molar refractivity (Wildman–Crippen MR) is 72.0 cm³/mol. The van der Waals surface area contributed by atoms with Crippen LogP contribution in [0.3, 0.4) is 0 Å². The minimum atomic E-state index is -2.99. The van der Waals surface area contributed by atoms with Gasteiger partial charge in [0.1, 0.15) is 0 Å². The number of sulfonamides is 1. The summed E-state index contributed by atoms with van der Waals surface area (Å²) < 4.78 is 25.8. The molecule has 17 heavy (non-hydrogen) atoms. The van der Waals surface area contributed by atoms with Crippen LogP contribution in [0.5, 0.6) is 0 Å². The van der Waals surface area contributed by atoms with Crippen LogP contribution in [-0.4, -0.2) is 44.2 Å². The first-order chi connectivity index (χ1) is 7.58. The molecule has 6 heteroatoms. The van der Waals surface area contributed by atoms with E-state index >= 15 is 0 Å². The number of nitrogens with one attached hydrogen (secondary N) is 1. The molecule has 2 fully saturated rings. The SMILES string of the molecule is C[C@@H]1CN(S(=O)(=O)CCC2CCC2)CCN1.Cl. The van der Waals surface area contributed by atoms with Crippen LogP contribution in [-0.2, 0) is 10.0 Å². The van der Waals surface area contributed by atoms with E-state index in [9.17, 15) is 8.42 Å². The first-order valence-electron chi connectivity index (χ1n) is 6.29. The molecular formula is C11H23ClN2O2S. The topological polar surface area (TPSA) is 49.4 Å². The van der Waals surface area contributed by atoms with Crippen LogP contribution >= 0.6 is 12.4 Å². The Morgan fingerprint density at radius 3 is 2.59 bits per heavy atom. The molecule has 0 bridgehead atoms. The van der Waals surface area contributed by atoms with Crippen molar-refractivity contribution in [3.05, 3.63) is 0 Å². The van der Waals surface area contributed by atoms with Crippen LogP contribution in [0, 0.1) is 5.92 Å². The second-order valence-corrected chi connectivity index (χ2v) is 7.20. The Morgan fingerprint density at radius 2 is 2.06 bits per heavy atom. The molecule has 1 heterocycles. The maximum absolute atomic E-state index is 12.1. The highest BCUT2D eigenvalue weighted by Gasteiger charge is 2.28. The Bertz CT molecular complexity index is 330. The van der Waals surface area contributed by atoms with Gasteiger partial charge in [0.25, 0.3) is 0 Å². The minimum absolute atomic E-state index is 0. The second kappa shape index (κ2) is 6.36. The summed E-state index contributed by atoms with van der Waals surface area (Å²) >= 11 is 0. The van der Waals surface area contributed by atoms with E-state index < -0.39 is 10.0 Å². The molecule has 1 aliphatic heterocycles. The lowest BCUT2D eigenvalue weighted by Gasteiger charge is -2.32. The van der Waals surface area contributed by atoms with Crippen LogP contribution in [0.25, 0.3) is 0 Å². The lowest BCUT2D eigenvalue weighted by Crippen LogP contribution is -2.51. The summed E-state index contributed by atoms with van der Waals surface area (Å²) in [6, 6.07) is 0.284. The lowest BCUT2D eigenvalue weighted by molar-refractivity contribution is 0.293. The smallest absolute Gasteiger partial charge is 0.214 e. The lowest BCUT2D eigenvalue weighted by atomic mass is 9.84. The van der Waals surface area contributed by atoms with Gasteiger partial charge in [-0.15, -0.1) is 12.4 Å². The third-order valence-electron chi connectivity index (χ3n) is 3.73. The Labute approximate surface area is 111 Å². The molecular weight excluding hydrogens is 260 g/mol. The van der Waals surface area contributed by atoms with Crippen molar-refractivity contribution in [2.45, 2.75) is 38.6 Å². The van der Waals surface area contributed by atoms with E-state index in [1.54, 1.807) is 4.31 Å². The Kier molecular flexibility index (Phi) is 5.70. The number of hydrogen-bond acceptors (Lipinski definition) is 3. The van der Waals surface area contributed by atoms with Crippen molar-refractivity contribution in [3.63, 3.8) is 0 Å². The normalized spacial score (nSPS) is 27.2. The van der Waals surface area contributed by atoms with Crippen LogP contribution in [0.1, 0.15) is 32.6 Å². The van der Waals surface area contributed by atoms with Crippen LogP contribution in [0.4, 0.5) is 0 Å². The zero-order valence-corrected chi connectivity index (χ0v) is 12.0. The van der Waals surface area contributed by atoms with Crippen LogP contribution in [0.15, 0.2) is 0 Å². The Morgan fingerprint density at radius 1 is 1.35 bits per heavy atom. The van der Waals surface area contributed by atoms with E-state index in [2.05, 4.69) is 5.32 Å². The maximum atomic E-state index is 12.1. The van der Waals surface area contributed by atoms with Crippen molar-refractivity contribution in [3.8, 4) is 0 Å². The van der Waals surface area contributed by atoms with Gasteiger partial charge in [0.2, 0.25) is 10.0 Å². The van der Waals surface area contributed by atoms with Crippen molar-refractivity contribution < 1.29 is 8.42 Å². The zero-order chi connectivity index (χ0) is 11.6. The highest BCUT2D eigenvalue weighted by atomic mass is 35.5. The number of halogens is 1. The van der Waals surface area contributed by atoms with Crippen molar-refractivity contribution in [1.82, 2.24) is 9.62 Å². The maximum Gasteiger partial charge on any atom is 0.214 e. The molecule has 1 saturated heterocycles. The van der Waals surface area contributed by atoms with E-state index in [4.69, 9.17) is 0 Å². The molecule has 1 aliphatic carbocycles. The molecule has 1 atom stereocenters. The summed E-state index contributed by atoms with van der Waals surface area (Å²) in [6.45, 7) is 4.09. The summed E-state index contributed by atoms with van der Waals surface area (Å²) in [5.41, 5.74) is 0. The highest BCUT2D eigenvalue weighted by molar-refractivity contribution is 7.89. The molecule has 2 aliphatic rings. The standard InChI is InChI=1S/C11H22N2O2S.ClH/c1-10-9-13(7-6-12-10)16(14,15)8-5-11-3-2-4-11;/h10-12H,2-9H2,1H3;1H/t10-;/m1./s1. The molecule has 102 valence electrons. The average Bonchev–Trinajstić information content (AvgIpc) is 2.15. The average molecular weight is 283 g/mol. The van der Waals surface area contributed by atoms with Crippen LogP contribution in [0.2, 0.25) is 0 Å². The third-order valence-corrected chi connectivity index (χ3v) is 5.60. The zero-order valence-electron chi connectivity index (χ0n) is 10.4. The van der Waals surface area contributed by atoms with Crippen molar-refractivity contribution in [2.24, 2.45) is 5.92 Å². The molecule has 2 rings (SSSR count). The van der Waals surface area contributed by atoms with Gasteiger partial charge in [0, 0.05) is 25.7 Å². The van der Waals surface area contributed by atoms with Crippen LogP contribution < -0.4 is 5.32 Å². The van der Waals surface area contributed by atoms with E-state index in [0.717, 1.165) is 13.0 Å². The first-order valence-corrected chi connectivity index (χ1v) is 7.90. The number of nitrogens with zero attached hydrogens (tertiary/aromatic N) is 1. The quantitative estimate of drug-likeness (QED) is 0.844. The largest absolute Gasteiger partial charge is 0.312 e. The van der Waals surface area contributed by atoms with Gasteiger partial charge in [0.15, 0.2) is 0 Å². The second-order valence-electron chi connectivity index (χ2n) is 5.11. The third kappa shape index (κ3) is 4.09. The van der Waals surface area contributed by atoms with E-state index in [1.807, 2.05) is 6.92 Å². The summed E-state index contributed by atoms with van der Waals surface area (Å²) in [5, 5.41) is 3.27. The highest BCUT2D eigenvalue weighted by Crippen LogP contribution is 2.30. The molecule has 0 unspecified atom stereocenters. The Hall–Kier alpha value is 0.160. The van der Waals surface area contributed by atoms with Crippen molar-refractivity contribution in [1.29, 1.82) is 0 Å². The molecule has 0 aromatic heterocycles. The summed E-state index contributed by atoms with van der Waals surface area (Å²) in [4.78, 5) is 0. The van der Waals surface area contributed by atoms with Crippen molar-refractivity contribution in [2.75, 3.05) is 25.4 Å². The fourth-order valence-electron chi connectivity index (χ4n) is 2.38. The fourth-order valence-corrected chi connectivity index (χ4v) is 4.09. The van der Waals surface area contributed by atoms with Gasteiger partial charge < -0.3 is 5.32 Å². The van der Waals surface area contributed by atoms with Gasteiger partial charge >= 0.3 is 0 Å². The number of rotatable bonds is 4. The molecule has 1 saturated carbocycles. The molecule has 0 radical (unpaired) electrons. The Balaban J connectivity index is 0.00000144. The summed E-state index contributed by atoms with van der Waals surface area (Å²) in [5.74, 6) is 1.03. The first kappa shape index (κ1) is 15.2. The molecule has 0 aromatic carbocycles. The fraction of sp³-hybridized carbons (Fsp3) is 1.00. The number of hydrogen-bond donors (Lipinski definition) is 1. The van der Waals surface area contributed by atoms with E-state index in [-0.39, 0.29) is 18.4 Å². The number of piperazine rings is 1. The molecule has 1 N–H and O–H groups in total. The van der Waals surface area contributed by atoms with Gasteiger partial charge in [-0.2, -0.15) is 4.31 Å². The van der Waals surface area contributed by atoms with Gasteiger partial charge in [-0.1, -0.05) is 19.3 Å². The predicted octanol–water partition coefficient (Wildman–Crippen LogP) is 1.22. The van der Waals surface area contributed by atoms with E-state index in [1.165, 1.54) is 19.3 Å². The van der Waals surface area contributed by atoms with Gasteiger partial charge in [-0.05, 0) is 19.3 Å². The van der Waals surface area contributed by atoms with Gasteiger partial charge in [-0.25, -0.2) is 8.42 Å². The van der Waals surface area contributed by atoms with E-state index in [0.29, 0.717) is 24.8 Å². The molecule has 0 spiro atoms. The van der Waals surface area contributed by atoms with Crippen molar-refractivity contribution >= 4 is 22.4 Å².